The summed E-state index contributed by atoms with van der Waals surface area (Å²) in [6, 6.07) is 7.46. The molecular formula is C17H22ClNO2. The Morgan fingerprint density at radius 3 is 2.62 bits per heavy atom. The Balaban J connectivity index is 1.49. The molecule has 1 unspecified atom stereocenters. The van der Waals surface area contributed by atoms with Gasteiger partial charge < -0.3 is 9.64 Å². The molecule has 3 rings (SSSR count). The molecule has 0 aromatic heterocycles. The second-order valence-electron chi connectivity index (χ2n) is 6.19. The summed E-state index contributed by atoms with van der Waals surface area (Å²) >= 11 is 5.86. The van der Waals surface area contributed by atoms with Crippen LogP contribution in [0.3, 0.4) is 0 Å². The lowest BCUT2D eigenvalue weighted by Crippen LogP contribution is -2.45. The molecule has 1 saturated carbocycles. The van der Waals surface area contributed by atoms with E-state index in [-0.39, 0.29) is 0 Å². The number of rotatable bonds is 4. The number of likely N-dealkylation sites (tertiary alicyclic amines) is 1. The van der Waals surface area contributed by atoms with Crippen molar-refractivity contribution in [1.82, 2.24) is 4.90 Å². The number of carbonyl (C=O) groups is 1. The smallest absolute Gasteiger partial charge is 0.225 e. The summed E-state index contributed by atoms with van der Waals surface area (Å²) in [6.07, 6.45) is 5.62. The predicted octanol–water partition coefficient (Wildman–Crippen LogP) is 3.76. The maximum atomic E-state index is 12.3. The van der Waals surface area contributed by atoms with Crippen LogP contribution in [0.5, 0.6) is 5.75 Å². The number of benzene rings is 1. The van der Waals surface area contributed by atoms with Gasteiger partial charge in [0.25, 0.3) is 0 Å². The lowest BCUT2D eigenvalue weighted by molar-refractivity contribution is -0.140. The number of hydrogen-bond donors (Lipinski definition) is 0. The topological polar surface area (TPSA) is 29.5 Å². The number of amides is 1. The van der Waals surface area contributed by atoms with Crippen molar-refractivity contribution in [2.45, 2.75) is 32.1 Å². The van der Waals surface area contributed by atoms with Crippen LogP contribution < -0.4 is 4.74 Å². The van der Waals surface area contributed by atoms with Gasteiger partial charge in [-0.25, -0.2) is 0 Å². The van der Waals surface area contributed by atoms with Gasteiger partial charge in [-0.1, -0.05) is 18.0 Å². The van der Waals surface area contributed by atoms with E-state index in [4.69, 9.17) is 16.3 Å². The first-order valence-corrected chi connectivity index (χ1v) is 8.27. The summed E-state index contributed by atoms with van der Waals surface area (Å²) < 4.78 is 5.83. The fourth-order valence-electron chi connectivity index (χ4n) is 3.06. The molecule has 1 heterocycles. The number of halogens is 1. The van der Waals surface area contributed by atoms with Crippen LogP contribution in [0.4, 0.5) is 0 Å². The second-order valence-corrected chi connectivity index (χ2v) is 6.62. The van der Waals surface area contributed by atoms with E-state index < -0.39 is 0 Å². The fourth-order valence-corrected chi connectivity index (χ4v) is 3.19. The van der Waals surface area contributed by atoms with Gasteiger partial charge in [0.15, 0.2) is 0 Å². The highest BCUT2D eigenvalue weighted by atomic mass is 35.5. The Morgan fingerprint density at radius 2 is 1.95 bits per heavy atom. The molecule has 2 aliphatic rings. The quantitative estimate of drug-likeness (QED) is 0.847. The first-order chi connectivity index (χ1) is 10.2. The van der Waals surface area contributed by atoms with E-state index in [1.165, 1.54) is 6.42 Å². The van der Waals surface area contributed by atoms with E-state index >= 15 is 0 Å². The summed E-state index contributed by atoms with van der Waals surface area (Å²) in [5.41, 5.74) is 0. The third-order valence-corrected chi connectivity index (χ3v) is 4.84. The standard InChI is InChI=1S/C17H22ClNO2/c18-15-6-8-16(9-7-15)21-12-13-3-2-10-19(11-13)17(20)14-4-1-5-14/h6-9,13-14H,1-5,10-12H2. The minimum Gasteiger partial charge on any atom is -0.493 e. The molecule has 1 saturated heterocycles. The highest BCUT2D eigenvalue weighted by molar-refractivity contribution is 6.30. The van der Waals surface area contributed by atoms with Crippen LogP contribution in [0, 0.1) is 11.8 Å². The molecule has 21 heavy (non-hydrogen) atoms. The first kappa shape index (κ1) is 14.7. The summed E-state index contributed by atoms with van der Waals surface area (Å²) in [7, 11) is 0. The molecule has 0 N–H and O–H groups in total. The molecule has 1 aliphatic heterocycles. The Kier molecular flexibility index (Phi) is 4.69. The first-order valence-electron chi connectivity index (χ1n) is 7.89. The summed E-state index contributed by atoms with van der Waals surface area (Å²) in [5, 5.41) is 0.720. The van der Waals surface area contributed by atoms with Crippen LogP contribution in [0.25, 0.3) is 0 Å². The Bertz CT molecular complexity index is 484. The highest BCUT2D eigenvalue weighted by Crippen LogP contribution is 2.30. The van der Waals surface area contributed by atoms with Crippen molar-refractivity contribution in [3.8, 4) is 5.75 Å². The van der Waals surface area contributed by atoms with E-state index in [9.17, 15) is 4.79 Å². The average molecular weight is 308 g/mol. The van der Waals surface area contributed by atoms with Crippen molar-refractivity contribution in [3.05, 3.63) is 29.3 Å². The second kappa shape index (κ2) is 6.69. The van der Waals surface area contributed by atoms with E-state index in [1.807, 2.05) is 24.3 Å². The Labute approximate surface area is 131 Å². The van der Waals surface area contributed by atoms with Gasteiger partial charge in [0.1, 0.15) is 5.75 Å². The van der Waals surface area contributed by atoms with E-state index in [1.54, 1.807) is 0 Å². The van der Waals surface area contributed by atoms with Crippen molar-refractivity contribution in [2.75, 3.05) is 19.7 Å². The molecular weight excluding hydrogens is 286 g/mol. The third kappa shape index (κ3) is 3.70. The Morgan fingerprint density at radius 1 is 1.19 bits per heavy atom. The van der Waals surface area contributed by atoms with Gasteiger partial charge in [-0.2, -0.15) is 0 Å². The largest absolute Gasteiger partial charge is 0.493 e. The molecule has 1 aromatic rings. The summed E-state index contributed by atoms with van der Waals surface area (Å²) in [5.74, 6) is 1.97. The monoisotopic (exact) mass is 307 g/mol. The maximum absolute atomic E-state index is 12.3. The number of ether oxygens (including phenoxy) is 1. The molecule has 4 heteroatoms. The highest BCUT2D eigenvalue weighted by Gasteiger charge is 2.32. The lowest BCUT2D eigenvalue weighted by atomic mass is 9.83. The molecule has 0 radical (unpaired) electrons. The zero-order valence-corrected chi connectivity index (χ0v) is 13.0. The fraction of sp³-hybridized carbons (Fsp3) is 0.588. The van der Waals surface area contributed by atoms with Gasteiger partial charge in [-0.05, 0) is 49.9 Å². The van der Waals surface area contributed by atoms with Crippen molar-refractivity contribution in [1.29, 1.82) is 0 Å². The number of hydrogen-bond acceptors (Lipinski definition) is 2. The molecule has 114 valence electrons. The van der Waals surface area contributed by atoms with E-state index in [2.05, 4.69) is 4.90 Å². The molecule has 1 aliphatic carbocycles. The van der Waals surface area contributed by atoms with Crippen molar-refractivity contribution >= 4 is 17.5 Å². The minimum absolute atomic E-state index is 0.306. The number of nitrogens with zero attached hydrogens (tertiary/aromatic N) is 1. The van der Waals surface area contributed by atoms with Crippen molar-refractivity contribution in [2.24, 2.45) is 11.8 Å². The van der Waals surface area contributed by atoms with E-state index in [0.717, 1.165) is 49.5 Å². The number of carbonyl (C=O) groups excluding carboxylic acids is 1. The zero-order chi connectivity index (χ0) is 14.7. The molecule has 1 atom stereocenters. The average Bonchev–Trinajstić information content (AvgIpc) is 2.45. The predicted molar refractivity (Wildman–Crippen MR) is 83.6 cm³/mol. The maximum Gasteiger partial charge on any atom is 0.225 e. The van der Waals surface area contributed by atoms with Gasteiger partial charge in [-0.15, -0.1) is 0 Å². The van der Waals surface area contributed by atoms with Crippen molar-refractivity contribution < 1.29 is 9.53 Å². The van der Waals surface area contributed by atoms with Gasteiger partial charge in [-0.3, -0.25) is 4.79 Å². The molecule has 3 nitrogen and oxygen atoms in total. The van der Waals surface area contributed by atoms with Crippen LogP contribution in [0.15, 0.2) is 24.3 Å². The normalized spacial score (nSPS) is 22.7. The molecule has 0 bridgehead atoms. The van der Waals surface area contributed by atoms with Gasteiger partial charge >= 0.3 is 0 Å². The van der Waals surface area contributed by atoms with Crippen LogP contribution in [-0.4, -0.2) is 30.5 Å². The summed E-state index contributed by atoms with van der Waals surface area (Å²) in [4.78, 5) is 14.4. The molecule has 1 aromatic carbocycles. The summed E-state index contributed by atoms with van der Waals surface area (Å²) in [6.45, 7) is 2.45. The van der Waals surface area contributed by atoms with Crippen LogP contribution in [-0.2, 0) is 4.79 Å². The van der Waals surface area contributed by atoms with Crippen LogP contribution in [0.2, 0.25) is 5.02 Å². The lowest BCUT2D eigenvalue weighted by Gasteiger charge is -2.37. The Hall–Kier alpha value is -1.22. The van der Waals surface area contributed by atoms with Crippen LogP contribution in [0.1, 0.15) is 32.1 Å². The van der Waals surface area contributed by atoms with Crippen LogP contribution >= 0.6 is 11.6 Å². The molecule has 0 spiro atoms. The third-order valence-electron chi connectivity index (χ3n) is 4.58. The number of piperidine rings is 1. The van der Waals surface area contributed by atoms with Crippen molar-refractivity contribution in [3.63, 3.8) is 0 Å². The minimum atomic E-state index is 0.306. The van der Waals surface area contributed by atoms with Gasteiger partial charge in [0, 0.05) is 29.9 Å². The van der Waals surface area contributed by atoms with Gasteiger partial charge in [0.2, 0.25) is 5.91 Å². The molecule has 1 amide bonds. The van der Waals surface area contributed by atoms with Gasteiger partial charge in [0.05, 0.1) is 6.61 Å². The zero-order valence-electron chi connectivity index (χ0n) is 12.3. The molecule has 2 fully saturated rings. The van der Waals surface area contributed by atoms with E-state index in [0.29, 0.717) is 24.3 Å². The SMILES string of the molecule is O=C(C1CCC1)N1CCCC(COc2ccc(Cl)cc2)C1.